The van der Waals surface area contributed by atoms with Gasteiger partial charge in [0.15, 0.2) is 5.96 Å². The van der Waals surface area contributed by atoms with Crippen molar-refractivity contribution in [3.8, 4) is 5.75 Å². The van der Waals surface area contributed by atoms with E-state index < -0.39 is 0 Å². The average molecular weight is 344 g/mol. The SMILES string of the molecule is CCNC(=NCc1csc(CC)n1)NC1CCOc2ccccc21. The maximum absolute atomic E-state index is 5.73. The Balaban J connectivity index is 1.71. The Bertz CT molecular complexity index is 698. The summed E-state index contributed by atoms with van der Waals surface area (Å²) in [7, 11) is 0. The minimum Gasteiger partial charge on any atom is -0.493 e. The molecule has 1 unspecified atom stereocenters. The fourth-order valence-electron chi connectivity index (χ4n) is 2.72. The number of ether oxygens (including phenoxy) is 1. The molecule has 128 valence electrons. The predicted molar refractivity (Wildman–Crippen MR) is 98.7 cm³/mol. The molecule has 24 heavy (non-hydrogen) atoms. The molecular weight excluding hydrogens is 320 g/mol. The maximum Gasteiger partial charge on any atom is 0.192 e. The van der Waals surface area contributed by atoms with E-state index >= 15 is 0 Å². The van der Waals surface area contributed by atoms with Crippen molar-refractivity contribution < 1.29 is 4.74 Å². The van der Waals surface area contributed by atoms with Gasteiger partial charge in [0, 0.05) is 23.9 Å². The zero-order valence-electron chi connectivity index (χ0n) is 14.2. The molecule has 0 saturated carbocycles. The Morgan fingerprint density at radius 1 is 1.38 bits per heavy atom. The van der Waals surface area contributed by atoms with Crippen molar-refractivity contribution >= 4 is 17.3 Å². The number of hydrogen-bond donors (Lipinski definition) is 2. The summed E-state index contributed by atoms with van der Waals surface area (Å²) < 4.78 is 5.73. The summed E-state index contributed by atoms with van der Waals surface area (Å²) in [6, 6.07) is 8.41. The zero-order valence-corrected chi connectivity index (χ0v) is 15.0. The van der Waals surface area contributed by atoms with Gasteiger partial charge in [0.1, 0.15) is 5.75 Å². The van der Waals surface area contributed by atoms with Crippen LogP contribution < -0.4 is 15.4 Å². The van der Waals surface area contributed by atoms with E-state index in [-0.39, 0.29) is 6.04 Å². The number of para-hydroxylation sites is 1. The van der Waals surface area contributed by atoms with E-state index in [1.54, 1.807) is 11.3 Å². The minimum absolute atomic E-state index is 0.217. The standard InChI is InChI=1S/C18H24N4OS/c1-3-17-21-13(12-24-17)11-20-18(19-4-2)22-15-9-10-23-16-8-6-5-7-14(15)16/h5-8,12,15H,3-4,9-11H2,1-2H3,(H2,19,20,22). The Morgan fingerprint density at radius 2 is 2.25 bits per heavy atom. The van der Waals surface area contributed by atoms with Gasteiger partial charge < -0.3 is 15.4 Å². The molecule has 3 rings (SSSR count). The lowest BCUT2D eigenvalue weighted by Crippen LogP contribution is -2.41. The predicted octanol–water partition coefficient (Wildman–Crippen LogP) is 3.28. The van der Waals surface area contributed by atoms with Crippen LogP contribution in [0.3, 0.4) is 0 Å². The number of guanidine groups is 1. The fourth-order valence-corrected chi connectivity index (χ4v) is 3.46. The average Bonchev–Trinajstić information content (AvgIpc) is 3.08. The maximum atomic E-state index is 5.73. The van der Waals surface area contributed by atoms with E-state index in [0.717, 1.165) is 48.4 Å². The van der Waals surface area contributed by atoms with Gasteiger partial charge in [0.25, 0.3) is 0 Å². The fraction of sp³-hybridized carbons (Fsp3) is 0.444. The van der Waals surface area contributed by atoms with Crippen LogP contribution in [0.2, 0.25) is 0 Å². The summed E-state index contributed by atoms with van der Waals surface area (Å²) in [6.45, 7) is 6.35. The third-order valence-electron chi connectivity index (χ3n) is 3.91. The second kappa shape index (κ2) is 8.15. The van der Waals surface area contributed by atoms with Gasteiger partial charge in [-0.15, -0.1) is 11.3 Å². The van der Waals surface area contributed by atoms with Gasteiger partial charge in [-0.3, -0.25) is 0 Å². The summed E-state index contributed by atoms with van der Waals surface area (Å²) in [5.74, 6) is 1.79. The highest BCUT2D eigenvalue weighted by Gasteiger charge is 2.21. The molecule has 0 saturated heterocycles. The molecule has 0 spiro atoms. The third-order valence-corrected chi connectivity index (χ3v) is 4.96. The molecule has 0 bridgehead atoms. The number of thiazole rings is 1. The smallest absolute Gasteiger partial charge is 0.192 e. The molecule has 0 fully saturated rings. The molecule has 5 nitrogen and oxygen atoms in total. The highest BCUT2D eigenvalue weighted by atomic mass is 32.1. The topological polar surface area (TPSA) is 58.5 Å². The number of hydrogen-bond acceptors (Lipinski definition) is 4. The summed E-state index contributed by atoms with van der Waals surface area (Å²) in [6.07, 6.45) is 1.91. The first-order valence-corrected chi connectivity index (χ1v) is 9.38. The quantitative estimate of drug-likeness (QED) is 0.645. The largest absolute Gasteiger partial charge is 0.493 e. The molecule has 1 aliphatic heterocycles. The van der Waals surface area contributed by atoms with Crippen LogP contribution in [0, 0.1) is 0 Å². The zero-order chi connectivity index (χ0) is 16.8. The lowest BCUT2D eigenvalue weighted by atomic mass is 10.0. The lowest BCUT2D eigenvalue weighted by Gasteiger charge is -2.28. The second-order valence-electron chi connectivity index (χ2n) is 5.65. The highest BCUT2D eigenvalue weighted by Crippen LogP contribution is 2.31. The molecule has 1 aliphatic rings. The van der Waals surface area contributed by atoms with Crippen LogP contribution in [0.4, 0.5) is 0 Å². The second-order valence-corrected chi connectivity index (χ2v) is 6.60. The van der Waals surface area contributed by atoms with Crippen molar-refractivity contribution in [1.82, 2.24) is 15.6 Å². The molecule has 2 N–H and O–H groups in total. The molecule has 1 aromatic heterocycles. The molecule has 0 aliphatic carbocycles. The number of aliphatic imine (C=N–C) groups is 1. The summed E-state index contributed by atoms with van der Waals surface area (Å²) in [5, 5.41) is 10.1. The van der Waals surface area contributed by atoms with Crippen molar-refractivity contribution in [2.75, 3.05) is 13.2 Å². The molecule has 1 aromatic carbocycles. The molecule has 0 amide bonds. The summed E-state index contributed by atoms with van der Waals surface area (Å²) >= 11 is 1.70. The van der Waals surface area contributed by atoms with Crippen LogP contribution in [0.15, 0.2) is 34.6 Å². The van der Waals surface area contributed by atoms with Crippen LogP contribution in [0.5, 0.6) is 5.75 Å². The number of rotatable bonds is 5. The summed E-state index contributed by atoms with van der Waals surface area (Å²) in [5.41, 5.74) is 2.22. The number of fused-ring (bicyclic) bond motifs is 1. The van der Waals surface area contributed by atoms with Gasteiger partial charge in [0.05, 0.1) is 29.9 Å². The molecule has 2 aromatic rings. The monoisotopic (exact) mass is 344 g/mol. The van der Waals surface area contributed by atoms with E-state index in [4.69, 9.17) is 9.73 Å². The molecule has 1 atom stereocenters. The van der Waals surface area contributed by atoms with E-state index in [1.807, 2.05) is 18.2 Å². The highest BCUT2D eigenvalue weighted by molar-refractivity contribution is 7.09. The van der Waals surface area contributed by atoms with Crippen LogP contribution in [-0.4, -0.2) is 24.1 Å². The van der Waals surface area contributed by atoms with Gasteiger partial charge >= 0.3 is 0 Å². The minimum atomic E-state index is 0.217. The van der Waals surface area contributed by atoms with Crippen molar-refractivity contribution in [2.24, 2.45) is 4.99 Å². The van der Waals surface area contributed by atoms with Crippen LogP contribution in [0.1, 0.15) is 42.6 Å². The van der Waals surface area contributed by atoms with Gasteiger partial charge in [0.2, 0.25) is 0 Å². The first-order chi connectivity index (χ1) is 11.8. The number of benzene rings is 1. The third kappa shape index (κ3) is 4.06. The van der Waals surface area contributed by atoms with E-state index in [2.05, 4.69) is 40.9 Å². The summed E-state index contributed by atoms with van der Waals surface area (Å²) in [4.78, 5) is 9.28. The van der Waals surface area contributed by atoms with Gasteiger partial charge in [-0.1, -0.05) is 25.1 Å². The Kier molecular flexibility index (Phi) is 5.69. The Hall–Kier alpha value is -2.08. The number of nitrogens with zero attached hydrogens (tertiary/aromatic N) is 2. The molecule has 0 radical (unpaired) electrons. The van der Waals surface area contributed by atoms with Gasteiger partial charge in [-0.2, -0.15) is 0 Å². The lowest BCUT2D eigenvalue weighted by molar-refractivity contribution is 0.261. The Morgan fingerprint density at radius 3 is 3.04 bits per heavy atom. The molecule has 2 heterocycles. The van der Waals surface area contributed by atoms with E-state index in [0.29, 0.717) is 6.54 Å². The normalized spacial score (nSPS) is 17.1. The Labute approximate surface area is 147 Å². The number of aryl methyl sites for hydroxylation is 1. The first-order valence-electron chi connectivity index (χ1n) is 8.50. The van der Waals surface area contributed by atoms with E-state index in [9.17, 15) is 0 Å². The first kappa shape index (κ1) is 16.8. The molecular formula is C18H24N4OS. The number of aromatic nitrogens is 1. The van der Waals surface area contributed by atoms with Crippen molar-refractivity contribution in [2.45, 2.75) is 39.3 Å². The van der Waals surface area contributed by atoms with E-state index in [1.165, 1.54) is 5.56 Å². The van der Waals surface area contributed by atoms with Gasteiger partial charge in [-0.05, 0) is 19.4 Å². The van der Waals surface area contributed by atoms with Crippen molar-refractivity contribution in [3.63, 3.8) is 0 Å². The molecule has 6 heteroatoms. The van der Waals surface area contributed by atoms with Crippen molar-refractivity contribution in [3.05, 3.63) is 45.9 Å². The van der Waals surface area contributed by atoms with Crippen LogP contribution in [0.25, 0.3) is 0 Å². The van der Waals surface area contributed by atoms with Crippen molar-refractivity contribution in [1.29, 1.82) is 0 Å². The van der Waals surface area contributed by atoms with Crippen LogP contribution in [-0.2, 0) is 13.0 Å². The van der Waals surface area contributed by atoms with Crippen LogP contribution >= 0.6 is 11.3 Å². The van der Waals surface area contributed by atoms with Gasteiger partial charge in [-0.25, -0.2) is 9.98 Å². The number of nitrogens with one attached hydrogen (secondary N) is 2.